The molecule has 3 fully saturated rings. The van der Waals surface area contributed by atoms with Gasteiger partial charge in [0.05, 0.1) is 18.1 Å². The van der Waals surface area contributed by atoms with Crippen LogP contribution in [0.25, 0.3) is 0 Å². The second kappa shape index (κ2) is 6.57. The number of halogens is 2. The number of alkyl halides is 2. The van der Waals surface area contributed by atoms with E-state index in [1.807, 2.05) is 0 Å². The van der Waals surface area contributed by atoms with Crippen molar-refractivity contribution in [2.45, 2.75) is 62.8 Å². The van der Waals surface area contributed by atoms with Crippen LogP contribution in [0.15, 0.2) is 0 Å². The van der Waals surface area contributed by atoms with Crippen molar-refractivity contribution in [3.63, 3.8) is 0 Å². The first kappa shape index (κ1) is 21.8. The van der Waals surface area contributed by atoms with E-state index in [2.05, 4.69) is 4.74 Å². The molecule has 6 atom stereocenters. The summed E-state index contributed by atoms with van der Waals surface area (Å²) in [5.74, 6) is -4.86. The minimum atomic E-state index is -5.79. The fraction of sp³-hybridized carbons (Fsp3) is 0.812. The predicted octanol–water partition coefficient (Wildman–Crippen LogP) is -0.0354. The molecule has 0 spiro atoms. The Hall–Kier alpha value is -1.86. The topological polar surface area (TPSA) is 137 Å². The summed E-state index contributed by atoms with van der Waals surface area (Å²) < 4.78 is 72.1. The van der Waals surface area contributed by atoms with Crippen LogP contribution in [-0.2, 0) is 38.7 Å². The molecule has 13 heteroatoms. The van der Waals surface area contributed by atoms with Gasteiger partial charge in [-0.1, -0.05) is 0 Å². The van der Waals surface area contributed by atoms with Crippen LogP contribution in [0.3, 0.4) is 0 Å². The molecule has 0 aromatic heterocycles. The Bertz CT molecular complexity index is 853. The number of fused-ring (bicyclic) bond motifs is 1. The van der Waals surface area contributed by atoms with Crippen molar-refractivity contribution >= 4 is 28.0 Å². The standard InChI is InChI=1S/C16H21F2NO9S/c1-6(20)27-12-9-10-7(13(21)19(9)15(2,3)4)8(11(12)28-10)14(22)26-5-16(17,18)29(23,24)25/h7-12H,5H2,1-4H3,(H,23,24,25). The maximum Gasteiger partial charge on any atom is 0.402 e. The van der Waals surface area contributed by atoms with Gasteiger partial charge in [0.2, 0.25) is 5.91 Å². The SMILES string of the molecule is CC(=O)OC1C2OC3C(C(=O)N(C(C)(C)C)C13)C2C(=O)OCC(F)(F)S(=O)(=O)O. The van der Waals surface area contributed by atoms with Gasteiger partial charge in [-0.05, 0) is 20.8 Å². The zero-order valence-electron chi connectivity index (χ0n) is 16.0. The van der Waals surface area contributed by atoms with Crippen LogP contribution >= 0.6 is 0 Å². The summed E-state index contributed by atoms with van der Waals surface area (Å²) in [6, 6.07) is -0.648. The van der Waals surface area contributed by atoms with E-state index in [1.54, 1.807) is 20.8 Å². The molecule has 1 amide bonds. The number of hydrogen-bond acceptors (Lipinski definition) is 8. The number of carbonyl (C=O) groups is 3. The lowest BCUT2D eigenvalue weighted by Gasteiger charge is -2.38. The number of likely N-dealkylation sites (tertiary alicyclic amines) is 1. The molecular weight excluding hydrogens is 420 g/mol. The molecule has 0 radical (unpaired) electrons. The summed E-state index contributed by atoms with van der Waals surface area (Å²) in [6.07, 6.45) is -2.93. The van der Waals surface area contributed by atoms with Gasteiger partial charge in [-0.25, -0.2) is 0 Å². The van der Waals surface area contributed by atoms with E-state index in [-0.39, 0.29) is 0 Å². The van der Waals surface area contributed by atoms with E-state index in [0.717, 1.165) is 6.92 Å². The second-order valence-electron chi connectivity index (χ2n) is 8.28. The molecule has 3 heterocycles. The summed E-state index contributed by atoms with van der Waals surface area (Å²) in [6.45, 7) is 4.45. The highest BCUT2D eigenvalue weighted by Crippen LogP contribution is 2.54. The second-order valence-corrected chi connectivity index (χ2v) is 9.83. The highest BCUT2D eigenvalue weighted by atomic mass is 32.2. The molecule has 29 heavy (non-hydrogen) atoms. The third kappa shape index (κ3) is 3.38. The highest BCUT2D eigenvalue weighted by molar-refractivity contribution is 7.86. The van der Waals surface area contributed by atoms with E-state index in [4.69, 9.17) is 14.0 Å². The van der Waals surface area contributed by atoms with Gasteiger partial charge in [-0.15, -0.1) is 0 Å². The van der Waals surface area contributed by atoms with Gasteiger partial charge >= 0.3 is 27.3 Å². The Morgan fingerprint density at radius 1 is 1.24 bits per heavy atom. The minimum Gasteiger partial charge on any atom is -0.458 e. The summed E-state index contributed by atoms with van der Waals surface area (Å²) >= 11 is 0. The molecule has 2 bridgehead atoms. The van der Waals surface area contributed by atoms with Crippen molar-refractivity contribution in [3.8, 4) is 0 Å². The quantitative estimate of drug-likeness (QED) is 0.460. The van der Waals surface area contributed by atoms with Crippen LogP contribution in [0, 0.1) is 11.8 Å². The summed E-state index contributed by atoms with van der Waals surface area (Å²) in [4.78, 5) is 38.5. The Balaban J connectivity index is 1.89. The van der Waals surface area contributed by atoms with Crippen molar-refractivity contribution in [2.75, 3.05) is 6.61 Å². The zero-order chi connectivity index (χ0) is 22.1. The van der Waals surface area contributed by atoms with Gasteiger partial charge < -0.3 is 19.1 Å². The van der Waals surface area contributed by atoms with Crippen molar-refractivity contribution in [1.29, 1.82) is 0 Å². The summed E-state index contributed by atoms with van der Waals surface area (Å²) in [7, 11) is -5.79. The van der Waals surface area contributed by atoms with Gasteiger partial charge in [0.25, 0.3) is 0 Å². The van der Waals surface area contributed by atoms with Gasteiger partial charge in [0.15, 0.2) is 12.7 Å². The number of carbonyl (C=O) groups excluding carboxylic acids is 3. The van der Waals surface area contributed by atoms with Gasteiger partial charge in [-0.2, -0.15) is 17.2 Å². The zero-order valence-corrected chi connectivity index (χ0v) is 16.8. The van der Waals surface area contributed by atoms with E-state index < -0.39 is 81.6 Å². The fourth-order valence-corrected chi connectivity index (χ4v) is 4.53. The fourth-order valence-electron chi connectivity index (χ4n) is 4.32. The summed E-state index contributed by atoms with van der Waals surface area (Å²) in [5.41, 5.74) is -0.706. The number of nitrogens with zero attached hydrogens (tertiary/aromatic N) is 1. The largest absolute Gasteiger partial charge is 0.458 e. The molecule has 164 valence electrons. The molecule has 1 N–H and O–H groups in total. The number of rotatable bonds is 5. The first-order valence-corrected chi connectivity index (χ1v) is 10.2. The van der Waals surface area contributed by atoms with Crippen LogP contribution < -0.4 is 0 Å². The van der Waals surface area contributed by atoms with Crippen LogP contribution in [0.2, 0.25) is 0 Å². The highest BCUT2D eigenvalue weighted by Gasteiger charge is 2.73. The van der Waals surface area contributed by atoms with Crippen molar-refractivity contribution in [3.05, 3.63) is 0 Å². The van der Waals surface area contributed by atoms with E-state index in [0.29, 0.717) is 0 Å². The number of esters is 2. The predicted molar refractivity (Wildman–Crippen MR) is 89.0 cm³/mol. The first-order chi connectivity index (χ1) is 13.1. The van der Waals surface area contributed by atoms with E-state index >= 15 is 0 Å². The third-order valence-electron chi connectivity index (χ3n) is 5.28. The van der Waals surface area contributed by atoms with Gasteiger partial charge in [0, 0.05) is 12.5 Å². The molecular formula is C16H21F2NO9S. The lowest BCUT2D eigenvalue weighted by molar-refractivity contribution is -0.164. The minimum absolute atomic E-state index is 0.479. The molecule has 0 aromatic rings. The lowest BCUT2D eigenvalue weighted by Crippen LogP contribution is -2.54. The van der Waals surface area contributed by atoms with Crippen molar-refractivity contribution < 1.29 is 50.3 Å². The Kier molecular flexibility index (Phi) is 4.95. The van der Waals surface area contributed by atoms with Crippen LogP contribution in [0.5, 0.6) is 0 Å². The van der Waals surface area contributed by atoms with E-state index in [1.165, 1.54) is 4.90 Å². The molecule has 0 aromatic carbocycles. The monoisotopic (exact) mass is 441 g/mol. The molecule has 3 aliphatic rings. The van der Waals surface area contributed by atoms with Crippen LogP contribution in [0.1, 0.15) is 27.7 Å². The van der Waals surface area contributed by atoms with Crippen molar-refractivity contribution in [1.82, 2.24) is 4.90 Å². The first-order valence-electron chi connectivity index (χ1n) is 8.75. The van der Waals surface area contributed by atoms with Crippen molar-refractivity contribution in [2.24, 2.45) is 11.8 Å². The maximum absolute atomic E-state index is 13.4. The Morgan fingerprint density at radius 3 is 2.31 bits per heavy atom. The molecule has 6 unspecified atom stereocenters. The maximum atomic E-state index is 13.4. The van der Waals surface area contributed by atoms with E-state index in [9.17, 15) is 31.6 Å². The van der Waals surface area contributed by atoms with Gasteiger partial charge in [0.1, 0.15) is 12.0 Å². The Labute approximate surface area is 165 Å². The number of amides is 1. The normalized spacial score (nSPS) is 33.9. The molecule has 3 rings (SSSR count). The molecule has 3 saturated heterocycles. The van der Waals surface area contributed by atoms with Crippen LogP contribution in [0.4, 0.5) is 8.78 Å². The molecule has 3 aliphatic heterocycles. The van der Waals surface area contributed by atoms with Crippen LogP contribution in [-0.4, -0.2) is 77.5 Å². The number of ether oxygens (including phenoxy) is 3. The molecule has 0 aliphatic carbocycles. The smallest absolute Gasteiger partial charge is 0.402 e. The molecule has 10 nitrogen and oxygen atoms in total. The Morgan fingerprint density at radius 2 is 1.83 bits per heavy atom. The number of hydrogen-bond donors (Lipinski definition) is 1. The van der Waals surface area contributed by atoms with Gasteiger partial charge in [-0.3, -0.25) is 18.9 Å². The summed E-state index contributed by atoms with van der Waals surface area (Å²) in [5, 5.41) is -4.71. The average molecular weight is 441 g/mol. The third-order valence-corrected chi connectivity index (χ3v) is 6.16. The molecule has 0 saturated carbocycles. The lowest BCUT2D eigenvalue weighted by atomic mass is 9.78. The average Bonchev–Trinajstić information content (AvgIpc) is 3.12.